The first-order valence-corrected chi connectivity index (χ1v) is 6.33. The molecule has 1 atom stereocenters. The maximum atomic E-state index is 9.68. The number of halogens is 2. The van der Waals surface area contributed by atoms with E-state index in [4.69, 9.17) is 32.7 Å². The van der Waals surface area contributed by atoms with Crippen molar-refractivity contribution in [3.8, 4) is 0 Å². The molecule has 0 saturated carbocycles. The fourth-order valence-electron chi connectivity index (χ4n) is 1.31. The molecule has 1 rings (SSSR count). The zero-order valence-electron chi connectivity index (χ0n) is 10.2. The first-order chi connectivity index (χ1) is 8.65. The van der Waals surface area contributed by atoms with Crippen LogP contribution in [0.25, 0.3) is 0 Å². The molecule has 0 fully saturated rings. The van der Waals surface area contributed by atoms with Gasteiger partial charge in [-0.15, -0.1) is 0 Å². The Hall–Kier alpha value is -0.520. The van der Waals surface area contributed by atoms with E-state index in [1.54, 1.807) is 25.3 Å². The van der Waals surface area contributed by atoms with Gasteiger partial charge in [0.1, 0.15) is 0 Å². The maximum Gasteiger partial charge on any atom is 0.0945 e. The summed E-state index contributed by atoms with van der Waals surface area (Å²) in [4.78, 5) is 0. The van der Waals surface area contributed by atoms with Gasteiger partial charge in [0.05, 0.1) is 41.7 Å². The average molecular weight is 294 g/mol. The second-order valence-corrected chi connectivity index (χ2v) is 4.51. The van der Waals surface area contributed by atoms with E-state index in [0.29, 0.717) is 35.5 Å². The molecule has 0 heterocycles. The molecule has 0 amide bonds. The van der Waals surface area contributed by atoms with Gasteiger partial charge in [0.15, 0.2) is 0 Å². The lowest BCUT2D eigenvalue weighted by Gasteiger charge is -2.14. The van der Waals surface area contributed by atoms with Gasteiger partial charge in [-0.25, -0.2) is 0 Å². The molecule has 0 aliphatic heterocycles. The smallest absolute Gasteiger partial charge is 0.0945 e. The van der Waals surface area contributed by atoms with Crippen molar-refractivity contribution in [1.29, 1.82) is 0 Å². The molecule has 0 spiro atoms. The molecule has 4 nitrogen and oxygen atoms in total. The normalized spacial score (nSPS) is 12.4. The molecule has 1 aromatic carbocycles. The van der Waals surface area contributed by atoms with E-state index in [9.17, 15) is 5.11 Å². The number of hydrogen-bond acceptors (Lipinski definition) is 4. The van der Waals surface area contributed by atoms with Crippen LogP contribution < -0.4 is 5.32 Å². The van der Waals surface area contributed by atoms with Crippen molar-refractivity contribution in [3.63, 3.8) is 0 Å². The second-order valence-electron chi connectivity index (χ2n) is 3.70. The van der Waals surface area contributed by atoms with Crippen LogP contribution in [0.2, 0.25) is 10.0 Å². The fourth-order valence-corrected chi connectivity index (χ4v) is 1.84. The minimum atomic E-state index is -0.630. The molecule has 102 valence electrons. The van der Waals surface area contributed by atoms with Crippen molar-refractivity contribution in [1.82, 2.24) is 0 Å². The molecule has 0 bridgehead atoms. The number of nitrogens with one attached hydrogen (secondary N) is 1. The van der Waals surface area contributed by atoms with Gasteiger partial charge in [0.25, 0.3) is 0 Å². The highest BCUT2D eigenvalue weighted by Gasteiger charge is 2.08. The molecule has 18 heavy (non-hydrogen) atoms. The lowest BCUT2D eigenvalue weighted by molar-refractivity contribution is 0.0182. The SMILES string of the molecule is COCCOCC(O)CNc1c(Cl)cccc1Cl. The largest absolute Gasteiger partial charge is 0.389 e. The van der Waals surface area contributed by atoms with E-state index in [-0.39, 0.29) is 6.61 Å². The van der Waals surface area contributed by atoms with E-state index in [0.717, 1.165) is 0 Å². The number of aliphatic hydroxyl groups excluding tert-OH is 1. The van der Waals surface area contributed by atoms with Crippen LogP contribution in [0.15, 0.2) is 18.2 Å². The molecule has 0 aromatic heterocycles. The molecule has 0 radical (unpaired) electrons. The summed E-state index contributed by atoms with van der Waals surface area (Å²) in [5.74, 6) is 0. The van der Waals surface area contributed by atoms with Crippen LogP contribution in [-0.4, -0.2) is 44.7 Å². The van der Waals surface area contributed by atoms with Crippen molar-refractivity contribution in [2.45, 2.75) is 6.10 Å². The van der Waals surface area contributed by atoms with E-state index in [1.165, 1.54) is 0 Å². The Balaban J connectivity index is 2.31. The highest BCUT2D eigenvalue weighted by atomic mass is 35.5. The van der Waals surface area contributed by atoms with Crippen LogP contribution in [0.5, 0.6) is 0 Å². The summed E-state index contributed by atoms with van der Waals surface area (Å²) in [6.45, 7) is 1.52. The van der Waals surface area contributed by atoms with Gasteiger partial charge in [-0.05, 0) is 12.1 Å². The highest BCUT2D eigenvalue weighted by molar-refractivity contribution is 6.39. The lowest BCUT2D eigenvalue weighted by atomic mass is 10.3. The molecule has 0 saturated heterocycles. The standard InChI is InChI=1S/C12H17Cl2NO3/c1-17-5-6-18-8-9(16)7-15-12-10(13)3-2-4-11(12)14/h2-4,9,15-16H,5-8H2,1H3. The minimum Gasteiger partial charge on any atom is -0.389 e. The van der Waals surface area contributed by atoms with Crippen molar-refractivity contribution in [2.24, 2.45) is 0 Å². The number of aliphatic hydroxyl groups is 1. The zero-order valence-corrected chi connectivity index (χ0v) is 11.7. The van der Waals surface area contributed by atoms with E-state index in [2.05, 4.69) is 5.32 Å². The topological polar surface area (TPSA) is 50.7 Å². The molecule has 1 aromatic rings. The van der Waals surface area contributed by atoms with Crippen molar-refractivity contribution in [3.05, 3.63) is 28.2 Å². The fraction of sp³-hybridized carbons (Fsp3) is 0.500. The van der Waals surface area contributed by atoms with E-state index < -0.39 is 6.10 Å². The minimum absolute atomic E-state index is 0.235. The molecule has 6 heteroatoms. The van der Waals surface area contributed by atoms with Crippen LogP contribution in [0.3, 0.4) is 0 Å². The number of ether oxygens (including phenoxy) is 2. The Morgan fingerprint density at radius 1 is 1.28 bits per heavy atom. The third-order valence-electron chi connectivity index (χ3n) is 2.22. The van der Waals surface area contributed by atoms with Gasteiger partial charge >= 0.3 is 0 Å². The summed E-state index contributed by atoms with van der Waals surface area (Å²) in [6.07, 6.45) is -0.630. The first-order valence-electron chi connectivity index (χ1n) is 5.57. The van der Waals surface area contributed by atoms with Gasteiger partial charge in [-0.1, -0.05) is 29.3 Å². The quantitative estimate of drug-likeness (QED) is 0.723. The maximum absolute atomic E-state index is 9.68. The van der Waals surface area contributed by atoms with Crippen LogP contribution in [-0.2, 0) is 9.47 Å². The third kappa shape index (κ3) is 5.42. The number of para-hydroxylation sites is 1. The van der Waals surface area contributed by atoms with Crippen molar-refractivity contribution >= 4 is 28.9 Å². The highest BCUT2D eigenvalue weighted by Crippen LogP contribution is 2.29. The zero-order chi connectivity index (χ0) is 13.4. The predicted octanol–water partition coefficient (Wildman–Crippen LogP) is 2.43. The number of rotatable bonds is 8. The monoisotopic (exact) mass is 293 g/mol. The molecular weight excluding hydrogens is 277 g/mol. The Bertz CT molecular complexity index is 343. The van der Waals surface area contributed by atoms with Crippen LogP contribution in [0, 0.1) is 0 Å². The van der Waals surface area contributed by atoms with Gasteiger partial charge in [0.2, 0.25) is 0 Å². The Kier molecular flexibility index (Phi) is 7.39. The first kappa shape index (κ1) is 15.5. The Morgan fingerprint density at radius 2 is 1.94 bits per heavy atom. The number of methoxy groups -OCH3 is 1. The van der Waals surface area contributed by atoms with E-state index >= 15 is 0 Å². The number of benzene rings is 1. The molecular formula is C12H17Cl2NO3. The van der Waals surface area contributed by atoms with Crippen molar-refractivity contribution in [2.75, 3.05) is 38.8 Å². The summed E-state index contributed by atoms with van der Waals surface area (Å²) in [6, 6.07) is 5.23. The van der Waals surface area contributed by atoms with Gasteiger partial charge in [0, 0.05) is 13.7 Å². The van der Waals surface area contributed by atoms with Crippen LogP contribution in [0.4, 0.5) is 5.69 Å². The molecule has 1 unspecified atom stereocenters. The number of hydrogen-bond donors (Lipinski definition) is 2. The summed E-state index contributed by atoms with van der Waals surface area (Å²) in [5, 5.41) is 13.7. The van der Waals surface area contributed by atoms with E-state index in [1.807, 2.05) is 0 Å². The van der Waals surface area contributed by atoms with Crippen LogP contribution in [0.1, 0.15) is 0 Å². The van der Waals surface area contributed by atoms with Crippen molar-refractivity contribution < 1.29 is 14.6 Å². The Labute approximate surface area is 117 Å². The van der Waals surface area contributed by atoms with Gasteiger partial charge in [-0.2, -0.15) is 0 Å². The Morgan fingerprint density at radius 3 is 2.56 bits per heavy atom. The molecule has 0 aliphatic carbocycles. The van der Waals surface area contributed by atoms with Gasteiger partial charge < -0.3 is 19.9 Å². The molecule has 2 N–H and O–H groups in total. The summed E-state index contributed by atoms with van der Waals surface area (Å²) < 4.78 is 10.0. The van der Waals surface area contributed by atoms with Gasteiger partial charge in [-0.3, -0.25) is 0 Å². The van der Waals surface area contributed by atoms with Crippen LogP contribution >= 0.6 is 23.2 Å². The summed E-state index contributed by atoms with van der Waals surface area (Å²) in [5.41, 5.74) is 0.622. The second kappa shape index (κ2) is 8.56. The summed E-state index contributed by atoms with van der Waals surface area (Å²) >= 11 is 12.0. The third-order valence-corrected chi connectivity index (χ3v) is 2.85. The average Bonchev–Trinajstić information content (AvgIpc) is 2.34. The lowest BCUT2D eigenvalue weighted by Crippen LogP contribution is -2.25. The molecule has 0 aliphatic rings. The number of anilines is 1. The predicted molar refractivity (Wildman–Crippen MR) is 73.7 cm³/mol. The summed E-state index contributed by atoms with van der Waals surface area (Å²) in [7, 11) is 1.60.